The molecule has 0 spiro atoms. The number of nitriles is 1. The SMILES string of the molecule is CCOc1c(Nc2ccc3ncc(C#N)c(Nc4cccc(Br)c4)c3c2)c(=O)c1=O. The van der Waals surface area contributed by atoms with Gasteiger partial charge in [-0.2, -0.15) is 5.26 Å². The fraction of sp³-hybridized carbons (Fsp3) is 0.0909. The van der Waals surface area contributed by atoms with Gasteiger partial charge >= 0.3 is 0 Å². The number of hydrogen-bond acceptors (Lipinski definition) is 7. The Kier molecular flexibility index (Phi) is 5.21. The Morgan fingerprint density at radius 3 is 2.57 bits per heavy atom. The van der Waals surface area contributed by atoms with Gasteiger partial charge in [-0.3, -0.25) is 14.6 Å². The number of anilines is 4. The molecule has 2 N–H and O–H groups in total. The van der Waals surface area contributed by atoms with Crippen molar-refractivity contribution in [3.63, 3.8) is 0 Å². The van der Waals surface area contributed by atoms with Crippen molar-refractivity contribution >= 4 is 49.6 Å². The van der Waals surface area contributed by atoms with Crippen molar-refractivity contribution < 1.29 is 4.74 Å². The summed E-state index contributed by atoms with van der Waals surface area (Å²) in [5.74, 6) is 0.0407. The predicted molar refractivity (Wildman–Crippen MR) is 120 cm³/mol. The summed E-state index contributed by atoms with van der Waals surface area (Å²) in [5, 5.41) is 16.5. The third-order valence-corrected chi connectivity index (χ3v) is 5.00. The molecule has 1 heterocycles. The quantitative estimate of drug-likeness (QED) is 0.410. The van der Waals surface area contributed by atoms with Crippen LogP contribution < -0.4 is 26.2 Å². The van der Waals surface area contributed by atoms with Crippen LogP contribution in [0.3, 0.4) is 0 Å². The zero-order chi connectivity index (χ0) is 21.3. The van der Waals surface area contributed by atoms with E-state index in [1.807, 2.05) is 24.3 Å². The minimum atomic E-state index is -0.634. The molecule has 0 unspecified atom stereocenters. The van der Waals surface area contributed by atoms with Crippen LogP contribution in [0.25, 0.3) is 10.9 Å². The van der Waals surface area contributed by atoms with Gasteiger partial charge in [-0.25, -0.2) is 0 Å². The van der Waals surface area contributed by atoms with Gasteiger partial charge < -0.3 is 15.4 Å². The standard InChI is InChI=1S/C22H15BrN4O3/c1-2-30-22-19(20(28)21(22)29)27-15-6-7-17-16(9-15)18(12(10-24)11-25-17)26-14-5-3-4-13(23)8-14/h3-9,11,27H,2H2,1H3,(H,25,26). The number of ether oxygens (including phenoxy) is 1. The van der Waals surface area contributed by atoms with Crippen molar-refractivity contribution in [1.82, 2.24) is 4.98 Å². The molecule has 30 heavy (non-hydrogen) atoms. The second kappa shape index (κ2) is 7.97. The lowest BCUT2D eigenvalue weighted by Crippen LogP contribution is -2.35. The maximum Gasteiger partial charge on any atom is 0.272 e. The molecule has 0 aliphatic carbocycles. The van der Waals surface area contributed by atoms with E-state index in [-0.39, 0.29) is 18.0 Å². The molecule has 0 atom stereocenters. The Labute approximate surface area is 179 Å². The average Bonchev–Trinajstić information content (AvgIpc) is 2.76. The molecule has 0 saturated carbocycles. The lowest BCUT2D eigenvalue weighted by Gasteiger charge is -2.15. The van der Waals surface area contributed by atoms with Gasteiger partial charge in [0.25, 0.3) is 10.9 Å². The van der Waals surface area contributed by atoms with Gasteiger partial charge in [0.05, 0.1) is 23.4 Å². The number of halogens is 1. The molecule has 4 aromatic rings. The second-order valence-electron chi connectivity index (χ2n) is 6.45. The summed E-state index contributed by atoms with van der Waals surface area (Å²) < 4.78 is 6.16. The maximum absolute atomic E-state index is 11.9. The highest BCUT2D eigenvalue weighted by atomic mass is 79.9. The highest BCUT2D eigenvalue weighted by molar-refractivity contribution is 9.10. The molecule has 0 aliphatic rings. The molecule has 8 heteroatoms. The van der Waals surface area contributed by atoms with E-state index >= 15 is 0 Å². The van der Waals surface area contributed by atoms with E-state index in [0.29, 0.717) is 27.8 Å². The van der Waals surface area contributed by atoms with Crippen LogP contribution in [-0.4, -0.2) is 11.6 Å². The normalized spacial score (nSPS) is 10.7. The van der Waals surface area contributed by atoms with E-state index in [0.717, 1.165) is 10.2 Å². The summed E-state index contributed by atoms with van der Waals surface area (Å²) in [6.07, 6.45) is 1.51. The zero-order valence-corrected chi connectivity index (χ0v) is 17.4. The van der Waals surface area contributed by atoms with Crippen LogP contribution in [0.4, 0.5) is 22.7 Å². The summed E-state index contributed by atoms with van der Waals surface area (Å²) in [6, 6.07) is 15.0. The van der Waals surface area contributed by atoms with Crippen molar-refractivity contribution in [3.05, 3.63) is 79.1 Å². The van der Waals surface area contributed by atoms with Gasteiger partial charge in [-0.05, 0) is 43.3 Å². The van der Waals surface area contributed by atoms with Crippen molar-refractivity contribution in [1.29, 1.82) is 5.26 Å². The molecule has 0 amide bonds. The molecular formula is C22H15BrN4O3. The van der Waals surface area contributed by atoms with Gasteiger partial charge in [0.1, 0.15) is 11.8 Å². The van der Waals surface area contributed by atoms with Crippen molar-refractivity contribution in [3.8, 4) is 11.8 Å². The minimum Gasteiger partial charge on any atom is -0.488 e. The van der Waals surface area contributed by atoms with Gasteiger partial charge in [-0.15, -0.1) is 0 Å². The first-order valence-corrected chi connectivity index (χ1v) is 9.89. The lowest BCUT2D eigenvalue weighted by atomic mass is 10.1. The molecule has 0 radical (unpaired) electrons. The maximum atomic E-state index is 11.9. The average molecular weight is 463 g/mol. The monoisotopic (exact) mass is 462 g/mol. The molecule has 1 aromatic heterocycles. The molecule has 148 valence electrons. The van der Waals surface area contributed by atoms with E-state index in [1.54, 1.807) is 25.1 Å². The van der Waals surface area contributed by atoms with Crippen LogP contribution in [0.2, 0.25) is 0 Å². The number of nitrogens with one attached hydrogen (secondary N) is 2. The Bertz CT molecular complexity index is 1380. The summed E-state index contributed by atoms with van der Waals surface area (Å²) in [5.41, 5.74) is 1.90. The van der Waals surface area contributed by atoms with E-state index in [2.05, 4.69) is 37.6 Å². The summed E-state index contributed by atoms with van der Waals surface area (Å²) >= 11 is 3.44. The highest BCUT2D eigenvalue weighted by Crippen LogP contribution is 2.33. The van der Waals surface area contributed by atoms with Crippen LogP contribution in [-0.2, 0) is 0 Å². The third-order valence-electron chi connectivity index (χ3n) is 4.51. The van der Waals surface area contributed by atoms with Crippen LogP contribution >= 0.6 is 15.9 Å². The predicted octanol–water partition coefficient (Wildman–Crippen LogP) is 4.35. The van der Waals surface area contributed by atoms with Gasteiger partial charge in [0.2, 0.25) is 0 Å². The third kappa shape index (κ3) is 3.51. The topological polar surface area (TPSA) is 104 Å². The summed E-state index contributed by atoms with van der Waals surface area (Å²) in [4.78, 5) is 28.0. The zero-order valence-electron chi connectivity index (χ0n) is 15.8. The van der Waals surface area contributed by atoms with Crippen molar-refractivity contribution in [2.24, 2.45) is 0 Å². The van der Waals surface area contributed by atoms with E-state index in [9.17, 15) is 14.9 Å². The first-order chi connectivity index (χ1) is 14.5. The molecule has 7 nitrogen and oxygen atoms in total. The number of fused-ring (bicyclic) bond motifs is 1. The Morgan fingerprint density at radius 1 is 1.07 bits per heavy atom. The molecule has 0 bridgehead atoms. The number of pyridine rings is 1. The molecule has 0 aliphatic heterocycles. The van der Waals surface area contributed by atoms with Crippen LogP contribution in [0.1, 0.15) is 12.5 Å². The number of hydrogen-bond donors (Lipinski definition) is 2. The fourth-order valence-corrected chi connectivity index (χ4v) is 3.51. The van der Waals surface area contributed by atoms with Gasteiger partial charge in [-0.1, -0.05) is 22.0 Å². The lowest BCUT2D eigenvalue weighted by molar-refractivity contribution is 0.335. The number of benzene rings is 2. The smallest absolute Gasteiger partial charge is 0.272 e. The fourth-order valence-electron chi connectivity index (χ4n) is 3.11. The minimum absolute atomic E-state index is 0.0407. The van der Waals surface area contributed by atoms with Crippen LogP contribution in [0.15, 0.2) is 62.7 Å². The Hall–Kier alpha value is -3.70. The van der Waals surface area contributed by atoms with Crippen molar-refractivity contribution in [2.75, 3.05) is 17.2 Å². The first kappa shape index (κ1) is 19.6. The molecular weight excluding hydrogens is 448 g/mol. The number of rotatable bonds is 6. The molecule has 0 fully saturated rings. The van der Waals surface area contributed by atoms with E-state index in [4.69, 9.17) is 4.74 Å². The Morgan fingerprint density at radius 2 is 1.83 bits per heavy atom. The van der Waals surface area contributed by atoms with Crippen molar-refractivity contribution in [2.45, 2.75) is 6.92 Å². The number of nitrogens with zero attached hydrogens (tertiary/aromatic N) is 2. The first-order valence-electron chi connectivity index (χ1n) is 9.10. The largest absolute Gasteiger partial charge is 0.488 e. The molecule has 4 rings (SSSR count). The highest BCUT2D eigenvalue weighted by Gasteiger charge is 2.22. The van der Waals surface area contributed by atoms with Gasteiger partial charge in [0, 0.05) is 27.4 Å². The van der Waals surface area contributed by atoms with Crippen LogP contribution in [0.5, 0.6) is 5.75 Å². The molecule has 0 saturated heterocycles. The number of aromatic nitrogens is 1. The van der Waals surface area contributed by atoms with Crippen LogP contribution in [0, 0.1) is 11.3 Å². The van der Waals surface area contributed by atoms with E-state index in [1.165, 1.54) is 6.20 Å². The Balaban J connectivity index is 1.78. The summed E-state index contributed by atoms with van der Waals surface area (Å²) in [7, 11) is 0. The second-order valence-corrected chi connectivity index (χ2v) is 7.36. The van der Waals surface area contributed by atoms with Gasteiger partial charge in [0.15, 0.2) is 5.75 Å². The van der Waals surface area contributed by atoms with E-state index < -0.39 is 10.9 Å². The summed E-state index contributed by atoms with van der Waals surface area (Å²) in [6.45, 7) is 2.03. The molecule has 3 aromatic carbocycles.